The Kier molecular flexibility index (Phi) is 4.86. The topological polar surface area (TPSA) is 49.3 Å². The zero-order valence-electron chi connectivity index (χ0n) is 11.2. The number of carbonyl (C=O) groups is 1. The molecule has 0 heterocycles. The predicted molar refractivity (Wildman–Crippen MR) is 80.7 cm³/mol. The Labute approximate surface area is 122 Å². The van der Waals surface area contributed by atoms with Crippen LogP contribution in [0.2, 0.25) is 0 Å². The minimum atomic E-state index is -0.893. The van der Waals surface area contributed by atoms with Gasteiger partial charge in [-0.25, -0.2) is 4.79 Å². The van der Waals surface area contributed by atoms with Gasteiger partial charge in [0, 0.05) is 16.7 Å². The van der Waals surface area contributed by atoms with Crippen LogP contribution in [0.5, 0.6) is 0 Å². The number of hydrogen-bond acceptors (Lipinski definition) is 2. The van der Waals surface area contributed by atoms with E-state index in [0.29, 0.717) is 11.5 Å². The maximum atomic E-state index is 11.0. The number of hydrogen-bond donors (Lipinski definition) is 2. The summed E-state index contributed by atoms with van der Waals surface area (Å²) in [7, 11) is 0. The van der Waals surface area contributed by atoms with Crippen LogP contribution in [0.4, 0.5) is 5.69 Å². The summed E-state index contributed by atoms with van der Waals surface area (Å²) in [5, 5.41) is 12.4. The van der Waals surface area contributed by atoms with Gasteiger partial charge in [0.25, 0.3) is 0 Å². The van der Waals surface area contributed by atoms with Crippen molar-refractivity contribution in [3.05, 3.63) is 28.2 Å². The first-order chi connectivity index (χ1) is 9.06. The lowest BCUT2D eigenvalue weighted by molar-refractivity contribution is 0.0697. The van der Waals surface area contributed by atoms with Gasteiger partial charge in [-0.2, -0.15) is 0 Å². The number of nitrogens with one attached hydrogen (secondary N) is 1. The lowest BCUT2D eigenvalue weighted by Gasteiger charge is -2.29. The van der Waals surface area contributed by atoms with E-state index < -0.39 is 5.97 Å². The van der Waals surface area contributed by atoms with E-state index in [0.717, 1.165) is 22.6 Å². The van der Waals surface area contributed by atoms with Crippen LogP contribution in [-0.2, 0) is 0 Å². The molecule has 0 bridgehead atoms. The minimum absolute atomic E-state index is 0.313. The number of rotatable bonds is 4. The van der Waals surface area contributed by atoms with Gasteiger partial charge in [-0.15, -0.1) is 0 Å². The second-order valence-corrected chi connectivity index (χ2v) is 6.35. The average molecular weight is 326 g/mol. The lowest BCUT2D eigenvalue weighted by Crippen LogP contribution is -2.24. The molecule has 0 saturated heterocycles. The molecule has 2 atom stereocenters. The Morgan fingerprint density at radius 1 is 1.37 bits per heavy atom. The number of carboxylic acids is 1. The highest BCUT2D eigenvalue weighted by molar-refractivity contribution is 9.10. The van der Waals surface area contributed by atoms with Gasteiger partial charge in [0.2, 0.25) is 0 Å². The summed E-state index contributed by atoms with van der Waals surface area (Å²) in [4.78, 5) is 11.0. The van der Waals surface area contributed by atoms with Gasteiger partial charge >= 0.3 is 5.97 Å². The van der Waals surface area contributed by atoms with E-state index in [-0.39, 0.29) is 0 Å². The molecule has 1 saturated carbocycles. The molecule has 1 fully saturated rings. The number of benzene rings is 1. The van der Waals surface area contributed by atoms with Crippen molar-refractivity contribution in [2.24, 2.45) is 11.8 Å². The van der Waals surface area contributed by atoms with Gasteiger partial charge in [-0.3, -0.25) is 0 Å². The fraction of sp³-hybridized carbons (Fsp3) is 0.533. The Bertz CT molecular complexity index is 461. The van der Waals surface area contributed by atoms with Crippen molar-refractivity contribution >= 4 is 27.6 Å². The van der Waals surface area contributed by atoms with Gasteiger partial charge in [0.05, 0.1) is 5.56 Å². The molecule has 19 heavy (non-hydrogen) atoms. The normalized spacial score (nSPS) is 23.1. The molecular formula is C15H20BrNO2. The maximum absolute atomic E-state index is 11.0. The Morgan fingerprint density at radius 3 is 2.79 bits per heavy atom. The van der Waals surface area contributed by atoms with Crippen molar-refractivity contribution in [2.75, 3.05) is 11.9 Å². The molecule has 3 nitrogen and oxygen atoms in total. The van der Waals surface area contributed by atoms with Gasteiger partial charge in [-0.05, 0) is 36.5 Å². The molecule has 1 aromatic rings. The van der Waals surface area contributed by atoms with Crippen LogP contribution in [0.25, 0.3) is 0 Å². The van der Waals surface area contributed by atoms with Gasteiger partial charge in [0.1, 0.15) is 0 Å². The predicted octanol–water partition coefficient (Wildman–Crippen LogP) is 4.39. The van der Waals surface area contributed by atoms with Crippen molar-refractivity contribution in [3.8, 4) is 0 Å². The third-order valence-corrected chi connectivity index (χ3v) is 4.46. The zero-order valence-corrected chi connectivity index (χ0v) is 12.7. The molecule has 1 aromatic carbocycles. The summed E-state index contributed by atoms with van der Waals surface area (Å²) in [5.74, 6) is 0.559. The molecule has 1 aliphatic carbocycles. The van der Waals surface area contributed by atoms with Crippen LogP contribution in [0.15, 0.2) is 22.7 Å². The molecule has 4 heteroatoms. The fourth-order valence-electron chi connectivity index (χ4n) is 2.76. The third-order valence-electron chi connectivity index (χ3n) is 4.00. The first kappa shape index (κ1) is 14.4. The summed E-state index contributed by atoms with van der Waals surface area (Å²) in [5.41, 5.74) is 1.19. The van der Waals surface area contributed by atoms with Crippen molar-refractivity contribution in [1.29, 1.82) is 0 Å². The standard InChI is InChI=1S/C15H20BrNO2/c1-10-4-2-3-5-11(10)9-17-14-7-12(15(18)19)6-13(16)8-14/h6-8,10-11,17H,2-5,9H2,1H3,(H,18,19). The number of anilines is 1. The highest BCUT2D eigenvalue weighted by atomic mass is 79.9. The molecule has 104 valence electrons. The van der Waals surface area contributed by atoms with Crippen LogP contribution in [0, 0.1) is 11.8 Å². The number of aromatic carboxylic acids is 1. The summed E-state index contributed by atoms with van der Waals surface area (Å²) in [6, 6.07) is 5.25. The van der Waals surface area contributed by atoms with E-state index in [1.54, 1.807) is 12.1 Å². The molecule has 2 rings (SSSR count). The molecule has 0 aliphatic heterocycles. The average Bonchev–Trinajstić information content (AvgIpc) is 2.37. The van der Waals surface area contributed by atoms with Crippen LogP contribution in [-0.4, -0.2) is 17.6 Å². The van der Waals surface area contributed by atoms with Crippen molar-refractivity contribution in [2.45, 2.75) is 32.6 Å². The van der Waals surface area contributed by atoms with Crippen molar-refractivity contribution < 1.29 is 9.90 Å². The number of carboxylic acid groups (broad SMARTS) is 1. The van der Waals surface area contributed by atoms with Crippen LogP contribution >= 0.6 is 15.9 Å². The van der Waals surface area contributed by atoms with E-state index in [4.69, 9.17) is 5.11 Å². The monoisotopic (exact) mass is 325 g/mol. The molecular weight excluding hydrogens is 306 g/mol. The molecule has 2 unspecified atom stereocenters. The largest absolute Gasteiger partial charge is 0.478 e. The van der Waals surface area contributed by atoms with E-state index in [1.807, 2.05) is 6.07 Å². The second kappa shape index (κ2) is 6.42. The SMILES string of the molecule is CC1CCCCC1CNc1cc(Br)cc(C(=O)O)c1. The first-order valence-corrected chi connectivity index (χ1v) is 7.63. The van der Waals surface area contributed by atoms with Gasteiger partial charge < -0.3 is 10.4 Å². The first-order valence-electron chi connectivity index (χ1n) is 6.84. The van der Waals surface area contributed by atoms with Crippen LogP contribution in [0.1, 0.15) is 43.0 Å². The molecule has 2 N–H and O–H groups in total. The summed E-state index contributed by atoms with van der Waals surface area (Å²) in [6.07, 6.45) is 5.24. The van der Waals surface area contributed by atoms with Crippen molar-refractivity contribution in [3.63, 3.8) is 0 Å². The van der Waals surface area contributed by atoms with E-state index in [9.17, 15) is 4.79 Å². The third kappa shape index (κ3) is 3.96. The van der Waals surface area contributed by atoms with Crippen LogP contribution in [0.3, 0.4) is 0 Å². The summed E-state index contributed by atoms with van der Waals surface area (Å²) >= 11 is 3.36. The van der Waals surface area contributed by atoms with Crippen LogP contribution < -0.4 is 5.32 Å². The Hall–Kier alpha value is -1.03. The van der Waals surface area contributed by atoms with Gasteiger partial charge in [0.15, 0.2) is 0 Å². The molecule has 0 amide bonds. The van der Waals surface area contributed by atoms with Crippen molar-refractivity contribution in [1.82, 2.24) is 0 Å². The molecule has 0 spiro atoms. The fourth-order valence-corrected chi connectivity index (χ4v) is 3.25. The Morgan fingerprint density at radius 2 is 2.11 bits per heavy atom. The summed E-state index contributed by atoms with van der Waals surface area (Å²) in [6.45, 7) is 3.24. The Balaban J connectivity index is 2.00. The smallest absolute Gasteiger partial charge is 0.335 e. The molecule has 0 aromatic heterocycles. The maximum Gasteiger partial charge on any atom is 0.335 e. The quantitative estimate of drug-likeness (QED) is 0.863. The minimum Gasteiger partial charge on any atom is -0.478 e. The molecule has 1 aliphatic rings. The zero-order chi connectivity index (χ0) is 13.8. The van der Waals surface area contributed by atoms with E-state index in [2.05, 4.69) is 28.2 Å². The summed E-state index contributed by atoms with van der Waals surface area (Å²) < 4.78 is 0.798. The lowest BCUT2D eigenvalue weighted by atomic mass is 9.80. The highest BCUT2D eigenvalue weighted by Crippen LogP contribution is 2.30. The molecule has 0 radical (unpaired) electrons. The highest BCUT2D eigenvalue weighted by Gasteiger charge is 2.20. The van der Waals surface area contributed by atoms with E-state index in [1.165, 1.54) is 25.7 Å². The number of halogens is 1. The van der Waals surface area contributed by atoms with Gasteiger partial charge in [-0.1, -0.05) is 42.1 Å². The van der Waals surface area contributed by atoms with E-state index >= 15 is 0 Å². The second-order valence-electron chi connectivity index (χ2n) is 5.44.